The van der Waals surface area contributed by atoms with Crippen LogP contribution in [0.15, 0.2) is 6.33 Å². The summed E-state index contributed by atoms with van der Waals surface area (Å²) in [6.45, 7) is 6.62. The first-order valence-corrected chi connectivity index (χ1v) is 6.80. The summed E-state index contributed by atoms with van der Waals surface area (Å²) < 4.78 is 0. The molecule has 5 nitrogen and oxygen atoms in total. The SMILES string of the molecule is CCN1CCC(CNc2ncnc(Cl)c2N)CC1. The van der Waals surface area contributed by atoms with Crippen molar-refractivity contribution in [1.82, 2.24) is 14.9 Å². The number of anilines is 2. The van der Waals surface area contributed by atoms with E-state index in [1.54, 1.807) is 0 Å². The molecule has 1 saturated heterocycles. The van der Waals surface area contributed by atoms with Crippen LogP contribution in [0.3, 0.4) is 0 Å². The average molecular weight is 270 g/mol. The Bertz CT molecular complexity index is 390. The highest BCUT2D eigenvalue weighted by Crippen LogP contribution is 2.23. The maximum atomic E-state index is 5.85. The molecule has 1 aliphatic rings. The third kappa shape index (κ3) is 3.23. The summed E-state index contributed by atoms with van der Waals surface area (Å²) in [6.07, 6.45) is 3.87. The number of rotatable bonds is 4. The molecule has 2 rings (SSSR count). The third-order valence-corrected chi connectivity index (χ3v) is 3.85. The van der Waals surface area contributed by atoms with E-state index in [1.165, 1.54) is 32.3 Å². The highest BCUT2D eigenvalue weighted by Gasteiger charge is 2.18. The van der Waals surface area contributed by atoms with E-state index in [-0.39, 0.29) is 0 Å². The van der Waals surface area contributed by atoms with E-state index in [0.29, 0.717) is 22.6 Å². The fraction of sp³-hybridized carbons (Fsp3) is 0.667. The normalized spacial score (nSPS) is 17.9. The molecule has 3 N–H and O–H groups in total. The molecule has 0 unspecified atom stereocenters. The summed E-state index contributed by atoms with van der Waals surface area (Å²) in [4.78, 5) is 10.4. The molecule has 0 aliphatic carbocycles. The monoisotopic (exact) mass is 269 g/mol. The third-order valence-electron chi connectivity index (χ3n) is 3.55. The summed E-state index contributed by atoms with van der Waals surface area (Å²) in [7, 11) is 0. The Hall–Kier alpha value is -1.07. The number of hydrogen-bond acceptors (Lipinski definition) is 5. The molecule has 2 heterocycles. The smallest absolute Gasteiger partial charge is 0.157 e. The number of nitrogens with one attached hydrogen (secondary N) is 1. The van der Waals surface area contributed by atoms with Crippen LogP contribution in [-0.4, -0.2) is 41.0 Å². The Morgan fingerprint density at radius 1 is 1.44 bits per heavy atom. The predicted molar refractivity (Wildman–Crippen MR) is 74.8 cm³/mol. The topological polar surface area (TPSA) is 67.1 Å². The Morgan fingerprint density at radius 3 is 2.83 bits per heavy atom. The molecule has 1 fully saturated rings. The van der Waals surface area contributed by atoms with Gasteiger partial charge in [0.1, 0.15) is 12.0 Å². The summed E-state index contributed by atoms with van der Waals surface area (Å²) in [5, 5.41) is 3.59. The minimum absolute atomic E-state index is 0.313. The van der Waals surface area contributed by atoms with Crippen molar-refractivity contribution in [3.05, 3.63) is 11.5 Å². The van der Waals surface area contributed by atoms with Gasteiger partial charge in [-0.1, -0.05) is 18.5 Å². The largest absolute Gasteiger partial charge is 0.393 e. The first-order valence-electron chi connectivity index (χ1n) is 6.43. The van der Waals surface area contributed by atoms with Crippen molar-refractivity contribution in [2.24, 2.45) is 5.92 Å². The molecule has 0 atom stereocenters. The fourth-order valence-electron chi connectivity index (χ4n) is 2.26. The molecule has 18 heavy (non-hydrogen) atoms. The quantitative estimate of drug-likeness (QED) is 0.817. The average Bonchev–Trinajstić information content (AvgIpc) is 2.41. The van der Waals surface area contributed by atoms with E-state index in [9.17, 15) is 0 Å². The number of likely N-dealkylation sites (tertiary alicyclic amines) is 1. The van der Waals surface area contributed by atoms with Crippen LogP contribution in [0.1, 0.15) is 19.8 Å². The molecule has 0 spiro atoms. The van der Waals surface area contributed by atoms with Crippen molar-refractivity contribution in [2.45, 2.75) is 19.8 Å². The van der Waals surface area contributed by atoms with Crippen LogP contribution in [0, 0.1) is 5.92 Å². The second-order valence-electron chi connectivity index (χ2n) is 4.69. The predicted octanol–water partition coefficient (Wildman–Crippen LogP) is 1.86. The number of nitrogens with two attached hydrogens (primary N) is 1. The van der Waals surface area contributed by atoms with Gasteiger partial charge in [0, 0.05) is 6.54 Å². The van der Waals surface area contributed by atoms with E-state index < -0.39 is 0 Å². The summed E-state index contributed by atoms with van der Waals surface area (Å²) >= 11 is 5.85. The molecular formula is C12H20ClN5. The van der Waals surface area contributed by atoms with Crippen molar-refractivity contribution in [1.29, 1.82) is 0 Å². The van der Waals surface area contributed by atoms with Crippen molar-refractivity contribution < 1.29 is 0 Å². The van der Waals surface area contributed by atoms with E-state index in [4.69, 9.17) is 17.3 Å². The summed E-state index contributed by atoms with van der Waals surface area (Å²) in [6, 6.07) is 0. The Morgan fingerprint density at radius 2 is 2.17 bits per heavy atom. The molecule has 0 saturated carbocycles. The molecule has 1 aromatic rings. The van der Waals surface area contributed by atoms with Crippen LogP contribution in [-0.2, 0) is 0 Å². The lowest BCUT2D eigenvalue weighted by molar-refractivity contribution is 0.198. The standard InChI is InChI=1S/C12H20ClN5/c1-2-18-5-3-9(4-6-18)7-15-12-10(14)11(13)16-8-17-12/h8-9H,2-7,14H2,1H3,(H,15,16,17). The highest BCUT2D eigenvalue weighted by atomic mass is 35.5. The van der Waals surface area contributed by atoms with Gasteiger partial charge in [-0.3, -0.25) is 0 Å². The minimum Gasteiger partial charge on any atom is -0.393 e. The molecule has 6 heteroatoms. The molecule has 0 radical (unpaired) electrons. The van der Waals surface area contributed by atoms with Gasteiger partial charge < -0.3 is 16.0 Å². The minimum atomic E-state index is 0.313. The number of halogens is 1. The molecular weight excluding hydrogens is 250 g/mol. The van der Waals surface area contributed by atoms with E-state index in [1.807, 2.05) is 0 Å². The second kappa shape index (κ2) is 6.20. The molecule has 0 aromatic carbocycles. The van der Waals surface area contributed by atoms with Gasteiger partial charge in [0.2, 0.25) is 0 Å². The van der Waals surface area contributed by atoms with Crippen LogP contribution in [0.4, 0.5) is 11.5 Å². The van der Waals surface area contributed by atoms with Gasteiger partial charge in [0.25, 0.3) is 0 Å². The molecule has 100 valence electrons. The first kappa shape index (κ1) is 13.4. The van der Waals surface area contributed by atoms with Gasteiger partial charge in [-0.05, 0) is 38.4 Å². The maximum Gasteiger partial charge on any atom is 0.157 e. The van der Waals surface area contributed by atoms with Gasteiger partial charge in [-0.25, -0.2) is 9.97 Å². The van der Waals surface area contributed by atoms with Gasteiger partial charge in [-0.2, -0.15) is 0 Å². The Balaban J connectivity index is 1.83. The molecule has 1 aromatic heterocycles. The zero-order valence-electron chi connectivity index (χ0n) is 10.7. The van der Waals surface area contributed by atoms with Crippen LogP contribution in [0.5, 0.6) is 0 Å². The van der Waals surface area contributed by atoms with Gasteiger partial charge in [-0.15, -0.1) is 0 Å². The molecule has 0 amide bonds. The Labute approximate surface area is 113 Å². The second-order valence-corrected chi connectivity index (χ2v) is 5.04. The number of nitrogens with zero attached hydrogens (tertiary/aromatic N) is 3. The van der Waals surface area contributed by atoms with Crippen LogP contribution in [0.25, 0.3) is 0 Å². The molecule has 1 aliphatic heterocycles. The molecule has 0 bridgehead atoms. The number of hydrogen-bond donors (Lipinski definition) is 2. The Kier molecular flexibility index (Phi) is 4.60. The van der Waals surface area contributed by atoms with Gasteiger partial charge >= 0.3 is 0 Å². The number of aromatic nitrogens is 2. The lowest BCUT2D eigenvalue weighted by atomic mass is 9.97. The van der Waals surface area contributed by atoms with Gasteiger partial charge in [0.05, 0.1) is 0 Å². The van der Waals surface area contributed by atoms with Crippen molar-refractivity contribution >= 4 is 23.1 Å². The lowest BCUT2D eigenvalue weighted by Gasteiger charge is -2.31. The zero-order chi connectivity index (χ0) is 13.0. The van der Waals surface area contributed by atoms with E-state index >= 15 is 0 Å². The maximum absolute atomic E-state index is 5.85. The number of nitrogen functional groups attached to an aromatic ring is 1. The van der Waals surface area contributed by atoms with Crippen molar-refractivity contribution in [3.8, 4) is 0 Å². The van der Waals surface area contributed by atoms with Crippen molar-refractivity contribution in [2.75, 3.05) is 37.2 Å². The zero-order valence-corrected chi connectivity index (χ0v) is 11.5. The lowest BCUT2D eigenvalue weighted by Crippen LogP contribution is -2.35. The van der Waals surface area contributed by atoms with Crippen LogP contribution >= 0.6 is 11.6 Å². The summed E-state index contributed by atoms with van der Waals surface area (Å²) in [5.41, 5.74) is 6.25. The highest BCUT2D eigenvalue weighted by molar-refractivity contribution is 6.32. The fourth-order valence-corrected chi connectivity index (χ4v) is 2.40. The van der Waals surface area contributed by atoms with E-state index in [2.05, 4.69) is 27.1 Å². The number of piperidine rings is 1. The van der Waals surface area contributed by atoms with E-state index in [0.717, 1.165) is 13.1 Å². The first-order chi connectivity index (χ1) is 8.70. The summed E-state index contributed by atoms with van der Waals surface area (Å²) in [5.74, 6) is 1.33. The van der Waals surface area contributed by atoms with Crippen LogP contribution < -0.4 is 11.1 Å². The van der Waals surface area contributed by atoms with Crippen molar-refractivity contribution in [3.63, 3.8) is 0 Å². The van der Waals surface area contributed by atoms with Gasteiger partial charge in [0.15, 0.2) is 11.0 Å². The van der Waals surface area contributed by atoms with Crippen LogP contribution in [0.2, 0.25) is 5.15 Å².